The number of aromatic nitrogens is 2. The molecule has 29 heavy (non-hydrogen) atoms. The number of likely N-dealkylation sites (tertiary alicyclic amines) is 2. The van der Waals surface area contributed by atoms with Gasteiger partial charge in [-0.2, -0.15) is 0 Å². The molecule has 0 atom stereocenters. The maximum atomic E-state index is 12.9. The van der Waals surface area contributed by atoms with Crippen molar-refractivity contribution in [1.82, 2.24) is 19.4 Å². The second-order valence-electron chi connectivity index (χ2n) is 7.53. The van der Waals surface area contributed by atoms with Crippen molar-refractivity contribution in [3.8, 4) is 5.69 Å². The summed E-state index contributed by atoms with van der Waals surface area (Å²) in [5.41, 5.74) is 0.497. The molecule has 2 fully saturated rings. The second kappa shape index (κ2) is 8.02. The standard InChI is InChI=1S/C20H23N5O4/c26-19(22-8-1-2-9-22)15-5-10-23(11-6-15)20(27)16-3-4-17(18(13-16)25(28)29)24-12-7-21-14-24/h3-4,7,12-15H,1-2,5-6,8-11H2. The first kappa shape index (κ1) is 19.1. The Labute approximate surface area is 168 Å². The van der Waals surface area contributed by atoms with Gasteiger partial charge < -0.3 is 14.4 Å². The minimum absolute atomic E-state index is 0.0323. The summed E-state index contributed by atoms with van der Waals surface area (Å²) in [4.78, 5) is 44.0. The molecule has 2 aromatic rings. The van der Waals surface area contributed by atoms with Crippen molar-refractivity contribution in [3.63, 3.8) is 0 Å². The third-order valence-corrected chi connectivity index (χ3v) is 5.75. The molecule has 0 N–H and O–H groups in total. The average molecular weight is 397 g/mol. The Morgan fingerprint density at radius 3 is 2.41 bits per heavy atom. The molecule has 2 aliphatic rings. The highest BCUT2D eigenvalue weighted by molar-refractivity contribution is 5.95. The van der Waals surface area contributed by atoms with Gasteiger partial charge in [-0.1, -0.05) is 0 Å². The Bertz CT molecular complexity index is 913. The fourth-order valence-corrected chi connectivity index (χ4v) is 4.13. The maximum absolute atomic E-state index is 12.9. The van der Waals surface area contributed by atoms with Crippen LogP contribution in [0.2, 0.25) is 0 Å². The fraction of sp³-hybridized carbons (Fsp3) is 0.450. The molecule has 1 aromatic carbocycles. The number of nitro benzene ring substituents is 1. The first-order valence-corrected chi connectivity index (χ1v) is 9.89. The van der Waals surface area contributed by atoms with Crippen LogP contribution in [0.25, 0.3) is 5.69 Å². The van der Waals surface area contributed by atoms with Gasteiger partial charge >= 0.3 is 0 Å². The highest BCUT2D eigenvalue weighted by Gasteiger charge is 2.32. The average Bonchev–Trinajstić information content (AvgIpc) is 3.46. The summed E-state index contributed by atoms with van der Waals surface area (Å²) in [6.45, 7) is 2.65. The number of hydrogen-bond donors (Lipinski definition) is 0. The van der Waals surface area contributed by atoms with E-state index in [-0.39, 0.29) is 29.0 Å². The van der Waals surface area contributed by atoms with E-state index in [1.54, 1.807) is 27.8 Å². The van der Waals surface area contributed by atoms with Gasteiger partial charge in [-0.25, -0.2) is 4.98 Å². The zero-order chi connectivity index (χ0) is 20.4. The molecule has 9 heteroatoms. The molecular weight excluding hydrogens is 374 g/mol. The molecule has 0 unspecified atom stereocenters. The molecule has 0 saturated carbocycles. The highest BCUT2D eigenvalue weighted by Crippen LogP contribution is 2.27. The van der Waals surface area contributed by atoms with Gasteiger partial charge in [0.1, 0.15) is 5.69 Å². The molecule has 2 saturated heterocycles. The van der Waals surface area contributed by atoms with Gasteiger partial charge in [0, 0.05) is 56.1 Å². The van der Waals surface area contributed by atoms with Crippen molar-refractivity contribution < 1.29 is 14.5 Å². The zero-order valence-corrected chi connectivity index (χ0v) is 16.1. The molecule has 0 aliphatic carbocycles. The van der Waals surface area contributed by atoms with Crippen molar-refractivity contribution in [1.29, 1.82) is 0 Å². The first-order chi connectivity index (χ1) is 14.0. The van der Waals surface area contributed by atoms with Crippen LogP contribution in [0.3, 0.4) is 0 Å². The molecule has 3 heterocycles. The minimum Gasteiger partial charge on any atom is -0.342 e. The lowest BCUT2D eigenvalue weighted by Gasteiger charge is -2.33. The first-order valence-electron chi connectivity index (χ1n) is 9.89. The van der Waals surface area contributed by atoms with E-state index in [9.17, 15) is 19.7 Å². The summed E-state index contributed by atoms with van der Waals surface area (Å²) in [5.74, 6) is -0.0672. The van der Waals surface area contributed by atoms with Crippen LogP contribution in [0, 0.1) is 16.0 Å². The van der Waals surface area contributed by atoms with E-state index in [0.29, 0.717) is 31.6 Å². The Kier molecular flexibility index (Phi) is 5.28. The number of amides is 2. The van der Waals surface area contributed by atoms with Crippen LogP contribution in [0.4, 0.5) is 5.69 Å². The predicted octanol–water partition coefficient (Wildman–Crippen LogP) is 2.26. The molecule has 2 aliphatic heterocycles. The molecule has 1 aromatic heterocycles. The van der Waals surface area contributed by atoms with Gasteiger partial charge in [0.15, 0.2) is 0 Å². The lowest BCUT2D eigenvalue weighted by molar-refractivity contribution is -0.384. The van der Waals surface area contributed by atoms with Gasteiger partial charge in [0.25, 0.3) is 11.6 Å². The van der Waals surface area contributed by atoms with E-state index >= 15 is 0 Å². The van der Waals surface area contributed by atoms with Crippen molar-refractivity contribution >= 4 is 17.5 Å². The van der Waals surface area contributed by atoms with Crippen LogP contribution in [0.15, 0.2) is 36.9 Å². The molecule has 0 spiro atoms. The Morgan fingerprint density at radius 2 is 1.79 bits per heavy atom. The highest BCUT2D eigenvalue weighted by atomic mass is 16.6. The summed E-state index contributed by atoms with van der Waals surface area (Å²) < 4.78 is 1.54. The third kappa shape index (κ3) is 3.85. The molecule has 0 bridgehead atoms. The van der Waals surface area contributed by atoms with Crippen LogP contribution in [-0.4, -0.2) is 62.3 Å². The number of imidazole rings is 1. The van der Waals surface area contributed by atoms with Crippen molar-refractivity contribution in [2.75, 3.05) is 26.2 Å². The van der Waals surface area contributed by atoms with Crippen molar-refractivity contribution in [3.05, 3.63) is 52.6 Å². The fourth-order valence-electron chi connectivity index (χ4n) is 4.13. The third-order valence-electron chi connectivity index (χ3n) is 5.75. The molecular formula is C20H23N5O4. The van der Waals surface area contributed by atoms with E-state index in [1.165, 1.54) is 18.6 Å². The Hall–Kier alpha value is -3.23. The summed E-state index contributed by atoms with van der Waals surface area (Å²) in [7, 11) is 0. The molecule has 4 rings (SSSR count). The minimum atomic E-state index is -0.493. The van der Waals surface area contributed by atoms with Gasteiger partial charge in [0.05, 0.1) is 11.3 Å². The largest absolute Gasteiger partial charge is 0.342 e. The summed E-state index contributed by atoms with van der Waals surface area (Å²) >= 11 is 0. The van der Waals surface area contributed by atoms with Crippen molar-refractivity contribution in [2.45, 2.75) is 25.7 Å². The molecule has 2 amide bonds. The van der Waals surface area contributed by atoms with Crippen molar-refractivity contribution in [2.24, 2.45) is 5.92 Å². The van der Waals surface area contributed by atoms with Gasteiger partial charge in [-0.05, 0) is 37.8 Å². The van der Waals surface area contributed by atoms with E-state index in [0.717, 1.165) is 25.9 Å². The molecule has 0 radical (unpaired) electrons. The Balaban J connectivity index is 1.45. The topological polar surface area (TPSA) is 102 Å². The summed E-state index contributed by atoms with van der Waals surface area (Å²) in [6, 6.07) is 4.49. The monoisotopic (exact) mass is 397 g/mol. The number of nitro groups is 1. The number of nitrogens with zero attached hydrogens (tertiary/aromatic N) is 5. The molecule has 9 nitrogen and oxygen atoms in total. The number of hydrogen-bond acceptors (Lipinski definition) is 5. The van der Waals surface area contributed by atoms with Crippen LogP contribution < -0.4 is 0 Å². The Morgan fingerprint density at radius 1 is 1.07 bits per heavy atom. The van der Waals surface area contributed by atoms with Crippen LogP contribution in [0.1, 0.15) is 36.0 Å². The second-order valence-corrected chi connectivity index (χ2v) is 7.53. The SMILES string of the molecule is O=C(c1ccc(-n2ccnc2)c([N+](=O)[O-])c1)N1CCC(C(=O)N2CCCC2)CC1. The van der Waals surface area contributed by atoms with E-state index in [2.05, 4.69) is 4.98 Å². The zero-order valence-electron chi connectivity index (χ0n) is 16.1. The van der Waals surface area contributed by atoms with E-state index in [4.69, 9.17) is 0 Å². The van der Waals surface area contributed by atoms with E-state index < -0.39 is 4.92 Å². The number of piperidine rings is 1. The van der Waals surface area contributed by atoms with Gasteiger partial charge in [0.2, 0.25) is 5.91 Å². The number of carbonyl (C=O) groups excluding carboxylic acids is 2. The van der Waals surface area contributed by atoms with Crippen LogP contribution >= 0.6 is 0 Å². The van der Waals surface area contributed by atoms with E-state index in [1.807, 2.05) is 4.90 Å². The van der Waals surface area contributed by atoms with Crippen LogP contribution in [0.5, 0.6) is 0 Å². The quantitative estimate of drug-likeness (QED) is 0.582. The maximum Gasteiger partial charge on any atom is 0.294 e. The van der Waals surface area contributed by atoms with Gasteiger partial charge in [-0.3, -0.25) is 19.7 Å². The van der Waals surface area contributed by atoms with Gasteiger partial charge in [-0.15, -0.1) is 0 Å². The number of benzene rings is 1. The normalized spacial score (nSPS) is 17.5. The molecule has 152 valence electrons. The number of carbonyl (C=O) groups is 2. The summed E-state index contributed by atoms with van der Waals surface area (Å²) in [6.07, 6.45) is 8.04. The summed E-state index contributed by atoms with van der Waals surface area (Å²) in [5, 5.41) is 11.5. The lowest BCUT2D eigenvalue weighted by atomic mass is 9.95. The lowest BCUT2D eigenvalue weighted by Crippen LogP contribution is -2.43. The predicted molar refractivity (Wildman–Crippen MR) is 105 cm³/mol. The van der Waals surface area contributed by atoms with Crippen LogP contribution in [-0.2, 0) is 4.79 Å². The smallest absolute Gasteiger partial charge is 0.294 e. The number of rotatable bonds is 4.